The molecule has 0 bridgehead atoms. The van der Waals surface area contributed by atoms with E-state index in [9.17, 15) is 4.79 Å². The van der Waals surface area contributed by atoms with E-state index in [0.717, 1.165) is 0 Å². The summed E-state index contributed by atoms with van der Waals surface area (Å²) >= 11 is 0. The average molecular weight is 214 g/mol. The highest BCUT2D eigenvalue weighted by Gasteiger charge is 2.62. The number of hydrogen-bond acceptors (Lipinski definition) is 3. The smallest absolute Gasteiger partial charge is 0.240 e. The molecule has 0 aromatic carbocycles. The summed E-state index contributed by atoms with van der Waals surface area (Å²) in [5.74, 6) is -0.0639. The number of nitrogens with two attached hydrogens (primary N) is 1. The van der Waals surface area contributed by atoms with E-state index in [0.29, 0.717) is 19.6 Å². The van der Waals surface area contributed by atoms with Crippen LogP contribution in [0.2, 0.25) is 0 Å². The van der Waals surface area contributed by atoms with Crippen molar-refractivity contribution in [3.63, 3.8) is 0 Å². The van der Waals surface area contributed by atoms with Gasteiger partial charge in [-0.2, -0.15) is 0 Å². The Morgan fingerprint density at radius 1 is 1.53 bits per heavy atom. The lowest BCUT2D eigenvalue weighted by Gasteiger charge is -2.57. The van der Waals surface area contributed by atoms with Gasteiger partial charge in [-0.1, -0.05) is 13.8 Å². The number of rotatable bonds is 4. The molecule has 0 spiro atoms. The van der Waals surface area contributed by atoms with Crippen LogP contribution in [0.4, 0.5) is 0 Å². The monoisotopic (exact) mass is 214 g/mol. The van der Waals surface area contributed by atoms with Crippen molar-refractivity contribution in [3.8, 4) is 0 Å². The van der Waals surface area contributed by atoms with Crippen LogP contribution in [0.3, 0.4) is 0 Å². The van der Waals surface area contributed by atoms with E-state index in [1.54, 1.807) is 0 Å². The predicted molar refractivity (Wildman–Crippen MR) is 59.4 cm³/mol. The summed E-state index contributed by atoms with van der Waals surface area (Å²) in [6.45, 7) is 9.12. The minimum atomic E-state index is -0.775. The molecule has 0 heterocycles. The van der Waals surface area contributed by atoms with Crippen LogP contribution < -0.4 is 11.1 Å². The summed E-state index contributed by atoms with van der Waals surface area (Å²) in [5, 5.41) is 2.79. The van der Waals surface area contributed by atoms with E-state index < -0.39 is 5.54 Å². The van der Waals surface area contributed by atoms with E-state index in [4.69, 9.17) is 10.5 Å². The number of nitrogens with one attached hydrogen (secondary N) is 1. The first kappa shape index (κ1) is 12.5. The molecule has 0 saturated heterocycles. The maximum absolute atomic E-state index is 11.8. The van der Waals surface area contributed by atoms with Gasteiger partial charge in [0.2, 0.25) is 5.91 Å². The zero-order valence-electron chi connectivity index (χ0n) is 10.1. The van der Waals surface area contributed by atoms with Gasteiger partial charge >= 0.3 is 0 Å². The van der Waals surface area contributed by atoms with Crippen LogP contribution in [0.15, 0.2) is 0 Å². The van der Waals surface area contributed by atoms with Crippen molar-refractivity contribution >= 4 is 5.91 Å². The Hall–Kier alpha value is -0.610. The van der Waals surface area contributed by atoms with Crippen LogP contribution in [0.1, 0.15) is 34.1 Å². The van der Waals surface area contributed by atoms with Gasteiger partial charge in [0.25, 0.3) is 0 Å². The van der Waals surface area contributed by atoms with Crippen LogP contribution in [0.5, 0.6) is 0 Å². The van der Waals surface area contributed by atoms with Gasteiger partial charge in [0.15, 0.2) is 0 Å². The minimum absolute atomic E-state index is 0.0639. The normalized spacial score (nSPS) is 33.3. The lowest BCUT2D eigenvalue weighted by molar-refractivity contribution is -0.170. The molecule has 0 aromatic heterocycles. The number of likely N-dealkylation sites (N-methyl/N-ethyl adjacent to an activating group) is 1. The van der Waals surface area contributed by atoms with Crippen molar-refractivity contribution in [2.24, 2.45) is 11.1 Å². The van der Waals surface area contributed by atoms with Gasteiger partial charge in [-0.3, -0.25) is 4.79 Å². The highest BCUT2D eigenvalue weighted by Crippen LogP contribution is 2.49. The Balaban J connectivity index is 2.70. The Bertz CT molecular complexity index is 253. The molecule has 4 heteroatoms. The molecule has 88 valence electrons. The molecular weight excluding hydrogens is 192 g/mol. The number of ether oxygens (including phenoxy) is 1. The van der Waals surface area contributed by atoms with Crippen LogP contribution >= 0.6 is 0 Å². The van der Waals surface area contributed by atoms with Gasteiger partial charge in [-0.05, 0) is 13.8 Å². The molecule has 1 rings (SSSR count). The van der Waals surface area contributed by atoms with E-state index in [1.165, 1.54) is 0 Å². The number of hydrogen-bond donors (Lipinski definition) is 2. The first-order valence-corrected chi connectivity index (χ1v) is 5.59. The second-order valence-electron chi connectivity index (χ2n) is 4.70. The zero-order valence-corrected chi connectivity index (χ0v) is 10.1. The second kappa shape index (κ2) is 4.10. The third kappa shape index (κ3) is 1.76. The molecule has 2 atom stereocenters. The van der Waals surface area contributed by atoms with Crippen LogP contribution in [0, 0.1) is 5.41 Å². The maximum Gasteiger partial charge on any atom is 0.240 e. The van der Waals surface area contributed by atoms with Crippen molar-refractivity contribution in [2.75, 3.05) is 13.2 Å². The van der Waals surface area contributed by atoms with Crippen molar-refractivity contribution in [3.05, 3.63) is 0 Å². The van der Waals surface area contributed by atoms with Crippen molar-refractivity contribution in [1.29, 1.82) is 0 Å². The quantitative estimate of drug-likeness (QED) is 0.722. The first-order chi connectivity index (χ1) is 6.90. The van der Waals surface area contributed by atoms with Gasteiger partial charge in [0.1, 0.15) is 5.54 Å². The molecule has 1 fully saturated rings. The lowest BCUT2D eigenvalue weighted by Crippen LogP contribution is -2.75. The lowest BCUT2D eigenvalue weighted by atomic mass is 9.54. The summed E-state index contributed by atoms with van der Waals surface area (Å²) in [7, 11) is 0. The van der Waals surface area contributed by atoms with E-state index in [1.807, 2.05) is 27.7 Å². The van der Waals surface area contributed by atoms with Gasteiger partial charge in [0, 0.05) is 25.0 Å². The Morgan fingerprint density at radius 2 is 2.13 bits per heavy atom. The summed E-state index contributed by atoms with van der Waals surface area (Å²) in [6.07, 6.45) is 0.703. The largest absolute Gasteiger partial charge is 0.378 e. The Kier molecular flexibility index (Phi) is 3.41. The molecule has 1 amide bonds. The zero-order chi connectivity index (χ0) is 11.7. The summed E-state index contributed by atoms with van der Waals surface area (Å²) in [5.41, 5.74) is 5.07. The minimum Gasteiger partial charge on any atom is -0.378 e. The summed E-state index contributed by atoms with van der Waals surface area (Å²) in [4.78, 5) is 11.8. The van der Waals surface area contributed by atoms with Crippen LogP contribution in [0.25, 0.3) is 0 Å². The Labute approximate surface area is 91.5 Å². The average Bonchev–Trinajstić information content (AvgIpc) is 2.17. The highest BCUT2D eigenvalue weighted by molar-refractivity contribution is 5.88. The van der Waals surface area contributed by atoms with Crippen molar-refractivity contribution < 1.29 is 9.53 Å². The standard InChI is InChI=1S/C11H22N2O2/c1-5-13-9(14)11(12)7-8(15-6-2)10(11,3)4/h8H,5-7,12H2,1-4H3,(H,13,14). The molecule has 3 N–H and O–H groups in total. The number of carbonyl (C=O) groups is 1. The molecule has 0 radical (unpaired) electrons. The van der Waals surface area contributed by atoms with Crippen LogP contribution in [-0.4, -0.2) is 30.7 Å². The summed E-state index contributed by atoms with van der Waals surface area (Å²) < 4.78 is 5.56. The Morgan fingerprint density at radius 3 is 2.53 bits per heavy atom. The summed E-state index contributed by atoms with van der Waals surface area (Å²) in [6, 6.07) is 0. The van der Waals surface area contributed by atoms with Gasteiger partial charge in [0.05, 0.1) is 6.10 Å². The van der Waals surface area contributed by atoms with E-state index in [-0.39, 0.29) is 17.4 Å². The predicted octanol–water partition coefficient (Wildman–Crippen LogP) is 0.655. The number of amides is 1. The maximum atomic E-state index is 11.8. The second-order valence-corrected chi connectivity index (χ2v) is 4.70. The fourth-order valence-electron chi connectivity index (χ4n) is 2.14. The molecule has 1 saturated carbocycles. The third-order valence-electron chi connectivity index (χ3n) is 3.57. The van der Waals surface area contributed by atoms with Crippen molar-refractivity contribution in [1.82, 2.24) is 5.32 Å². The van der Waals surface area contributed by atoms with E-state index in [2.05, 4.69) is 5.32 Å². The molecule has 4 nitrogen and oxygen atoms in total. The first-order valence-electron chi connectivity index (χ1n) is 5.59. The SMILES string of the molecule is CCNC(=O)C1(N)CC(OCC)C1(C)C. The van der Waals surface area contributed by atoms with Crippen LogP contribution in [-0.2, 0) is 9.53 Å². The highest BCUT2D eigenvalue weighted by atomic mass is 16.5. The molecule has 1 aliphatic carbocycles. The number of carbonyl (C=O) groups excluding carboxylic acids is 1. The molecule has 0 aliphatic heterocycles. The fraction of sp³-hybridized carbons (Fsp3) is 0.909. The molecule has 1 aliphatic rings. The fourth-order valence-corrected chi connectivity index (χ4v) is 2.14. The molecule has 0 aromatic rings. The van der Waals surface area contributed by atoms with Crippen molar-refractivity contribution in [2.45, 2.75) is 45.8 Å². The van der Waals surface area contributed by atoms with Gasteiger partial charge < -0.3 is 15.8 Å². The molecular formula is C11H22N2O2. The molecule has 2 unspecified atom stereocenters. The van der Waals surface area contributed by atoms with Gasteiger partial charge in [-0.25, -0.2) is 0 Å². The topological polar surface area (TPSA) is 64.4 Å². The van der Waals surface area contributed by atoms with Gasteiger partial charge in [-0.15, -0.1) is 0 Å². The molecule has 15 heavy (non-hydrogen) atoms. The van der Waals surface area contributed by atoms with E-state index >= 15 is 0 Å². The third-order valence-corrected chi connectivity index (χ3v) is 3.57.